The van der Waals surface area contributed by atoms with Crippen molar-refractivity contribution >= 4 is 11.8 Å². The van der Waals surface area contributed by atoms with Crippen LogP contribution in [0.15, 0.2) is 48.5 Å². The summed E-state index contributed by atoms with van der Waals surface area (Å²) in [7, 11) is 0. The summed E-state index contributed by atoms with van der Waals surface area (Å²) in [5.74, 6) is -0.974. The number of halogens is 1. The number of ether oxygens (including phenoxy) is 1. The molecule has 3 rings (SSSR count). The molecule has 1 atom stereocenters. The normalized spacial score (nSPS) is 15.1. The van der Waals surface area contributed by atoms with Crippen molar-refractivity contribution in [1.29, 1.82) is 0 Å². The molecule has 0 spiro atoms. The summed E-state index contributed by atoms with van der Waals surface area (Å²) in [4.78, 5) is 28.0. The molecule has 0 bridgehead atoms. The number of carbonyl (C=O) groups excluding carboxylic acids is 2. The Morgan fingerprint density at radius 3 is 2.47 bits per heavy atom. The van der Waals surface area contributed by atoms with Crippen LogP contribution >= 0.6 is 0 Å². The van der Waals surface area contributed by atoms with Crippen LogP contribution in [0.3, 0.4) is 0 Å². The third kappa shape index (κ3) is 6.31. The summed E-state index contributed by atoms with van der Waals surface area (Å²) in [6, 6.07) is 13.3. The summed E-state index contributed by atoms with van der Waals surface area (Å²) in [5.41, 5.74) is 2.01. The highest BCUT2D eigenvalue weighted by Crippen LogP contribution is 2.20. The second kappa shape index (κ2) is 11.7. The maximum absolute atomic E-state index is 13.9. The maximum Gasteiger partial charge on any atom is 0.261 e. The van der Waals surface area contributed by atoms with E-state index in [4.69, 9.17) is 4.74 Å². The molecule has 1 saturated carbocycles. The molecule has 6 heteroatoms. The van der Waals surface area contributed by atoms with Gasteiger partial charge in [-0.15, -0.1) is 0 Å². The number of benzene rings is 2. The Morgan fingerprint density at radius 1 is 1.09 bits per heavy atom. The number of hydrogen-bond donors (Lipinski definition) is 1. The van der Waals surface area contributed by atoms with Gasteiger partial charge in [-0.25, -0.2) is 4.39 Å². The van der Waals surface area contributed by atoms with E-state index in [1.807, 2.05) is 38.1 Å². The third-order valence-corrected chi connectivity index (χ3v) is 6.13. The maximum atomic E-state index is 13.9. The van der Waals surface area contributed by atoms with Crippen LogP contribution in [-0.4, -0.2) is 35.4 Å². The minimum absolute atomic E-state index is 0.0244. The van der Waals surface area contributed by atoms with Crippen LogP contribution in [0.25, 0.3) is 0 Å². The monoisotopic (exact) mass is 440 g/mol. The van der Waals surface area contributed by atoms with Crippen molar-refractivity contribution in [3.05, 3.63) is 65.5 Å². The summed E-state index contributed by atoms with van der Waals surface area (Å²) in [6.07, 6.45) is 5.87. The van der Waals surface area contributed by atoms with Gasteiger partial charge >= 0.3 is 0 Å². The molecule has 5 nitrogen and oxygen atoms in total. The number of carbonyl (C=O) groups is 2. The van der Waals surface area contributed by atoms with Crippen molar-refractivity contribution < 1.29 is 18.7 Å². The van der Waals surface area contributed by atoms with Crippen molar-refractivity contribution in [2.24, 2.45) is 0 Å². The number of rotatable bonds is 9. The first-order valence-electron chi connectivity index (χ1n) is 11.5. The molecule has 0 heterocycles. The molecule has 172 valence electrons. The van der Waals surface area contributed by atoms with E-state index in [1.54, 1.807) is 17.0 Å². The first-order chi connectivity index (χ1) is 15.5. The average molecular weight is 441 g/mol. The van der Waals surface area contributed by atoms with Crippen molar-refractivity contribution in [2.75, 3.05) is 6.61 Å². The molecule has 1 aliphatic carbocycles. The van der Waals surface area contributed by atoms with E-state index in [2.05, 4.69) is 5.32 Å². The van der Waals surface area contributed by atoms with E-state index >= 15 is 0 Å². The molecular weight excluding hydrogens is 407 g/mol. The van der Waals surface area contributed by atoms with Gasteiger partial charge in [-0.05, 0) is 49.4 Å². The zero-order chi connectivity index (χ0) is 22.9. The van der Waals surface area contributed by atoms with E-state index < -0.39 is 11.9 Å². The first-order valence-corrected chi connectivity index (χ1v) is 11.5. The Morgan fingerprint density at radius 2 is 1.78 bits per heavy atom. The summed E-state index contributed by atoms with van der Waals surface area (Å²) < 4.78 is 19.4. The van der Waals surface area contributed by atoms with Gasteiger partial charge in [0.25, 0.3) is 5.91 Å². The lowest BCUT2D eigenvalue weighted by atomic mass is 9.95. The Bertz CT molecular complexity index is 911. The smallest absolute Gasteiger partial charge is 0.261 e. The highest BCUT2D eigenvalue weighted by Gasteiger charge is 2.31. The Labute approximate surface area is 190 Å². The number of nitrogens with zero attached hydrogens (tertiary/aromatic N) is 1. The number of para-hydroxylation sites is 1. The van der Waals surface area contributed by atoms with Crippen molar-refractivity contribution in [2.45, 2.75) is 71.0 Å². The lowest BCUT2D eigenvalue weighted by Gasteiger charge is -2.33. The molecular formula is C26H33FN2O3. The van der Waals surface area contributed by atoms with Gasteiger partial charge in [0.15, 0.2) is 18.2 Å². The van der Waals surface area contributed by atoms with Crippen molar-refractivity contribution in [1.82, 2.24) is 10.2 Å². The van der Waals surface area contributed by atoms with E-state index in [1.165, 1.54) is 18.6 Å². The Balaban J connectivity index is 1.77. The van der Waals surface area contributed by atoms with Gasteiger partial charge in [0.05, 0.1) is 0 Å². The average Bonchev–Trinajstić information content (AvgIpc) is 2.80. The zero-order valence-electron chi connectivity index (χ0n) is 19.0. The molecule has 2 amide bonds. The molecule has 1 N–H and O–H groups in total. The number of hydrogen-bond acceptors (Lipinski definition) is 3. The van der Waals surface area contributed by atoms with Gasteiger partial charge in [-0.3, -0.25) is 9.59 Å². The standard InChI is InChI=1S/C26H33FN2O3/c1-3-23(26(31)28-21-13-5-4-6-14-21)29(17-20-12-8-7-11-19(20)2)25(30)18-32-24-16-10-9-15-22(24)27/h7-12,15-16,21,23H,3-6,13-14,17-18H2,1-2H3,(H,28,31). The minimum Gasteiger partial charge on any atom is -0.481 e. The molecule has 1 unspecified atom stereocenters. The van der Waals surface area contributed by atoms with Crippen LogP contribution in [0, 0.1) is 12.7 Å². The van der Waals surface area contributed by atoms with Gasteiger partial charge < -0.3 is 15.0 Å². The second-order valence-electron chi connectivity index (χ2n) is 8.43. The molecule has 1 fully saturated rings. The predicted octanol–water partition coefficient (Wildman–Crippen LogP) is 4.77. The molecule has 0 radical (unpaired) electrons. The van der Waals surface area contributed by atoms with Gasteiger partial charge in [-0.2, -0.15) is 0 Å². The van der Waals surface area contributed by atoms with E-state index in [9.17, 15) is 14.0 Å². The van der Waals surface area contributed by atoms with Crippen LogP contribution < -0.4 is 10.1 Å². The summed E-state index contributed by atoms with van der Waals surface area (Å²) in [5, 5.41) is 3.15. The second-order valence-corrected chi connectivity index (χ2v) is 8.43. The van der Waals surface area contributed by atoms with Gasteiger partial charge in [0, 0.05) is 12.6 Å². The molecule has 2 aromatic rings. The van der Waals surface area contributed by atoms with Crippen LogP contribution in [0.2, 0.25) is 0 Å². The molecule has 32 heavy (non-hydrogen) atoms. The van der Waals surface area contributed by atoms with E-state index in [-0.39, 0.29) is 30.2 Å². The number of aryl methyl sites for hydroxylation is 1. The predicted molar refractivity (Wildman–Crippen MR) is 123 cm³/mol. The molecule has 2 aromatic carbocycles. The Hall–Kier alpha value is -2.89. The lowest BCUT2D eigenvalue weighted by molar-refractivity contribution is -0.143. The summed E-state index contributed by atoms with van der Waals surface area (Å²) >= 11 is 0. The van der Waals surface area contributed by atoms with Crippen LogP contribution in [0.1, 0.15) is 56.6 Å². The van der Waals surface area contributed by atoms with E-state index in [0.29, 0.717) is 13.0 Å². The highest BCUT2D eigenvalue weighted by molar-refractivity contribution is 5.88. The fourth-order valence-corrected chi connectivity index (χ4v) is 4.22. The number of nitrogens with one attached hydrogen (secondary N) is 1. The minimum atomic E-state index is -0.617. The largest absolute Gasteiger partial charge is 0.481 e. The van der Waals surface area contributed by atoms with Crippen LogP contribution in [0.5, 0.6) is 5.75 Å². The SMILES string of the molecule is CCC(C(=O)NC1CCCCC1)N(Cc1ccccc1C)C(=O)COc1ccccc1F. The van der Waals surface area contributed by atoms with Crippen LogP contribution in [-0.2, 0) is 16.1 Å². The van der Waals surface area contributed by atoms with Gasteiger partial charge in [-0.1, -0.05) is 62.6 Å². The van der Waals surface area contributed by atoms with E-state index in [0.717, 1.165) is 36.8 Å². The fourth-order valence-electron chi connectivity index (χ4n) is 4.22. The highest BCUT2D eigenvalue weighted by atomic mass is 19.1. The lowest BCUT2D eigenvalue weighted by Crippen LogP contribution is -2.52. The molecule has 0 aliphatic heterocycles. The quantitative estimate of drug-likeness (QED) is 0.611. The molecule has 0 saturated heterocycles. The number of amides is 2. The summed E-state index contributed by atoms with van der Waals surface area (Å²) in [6.45, 7) is 3.85. The fraction of sp³-hybridized carbons (Fsp3) is 0.462. The zero-order valence-corrected chi connectivity index (χ0v) is 19.0. The van der Waals surface area contributed by atoms with Gasteiger partial charge in [0.2, 0.25) is 5.91 Å². The van der Waals surface area contributed by atoms with Gasteiger partial charge in [0.1, 0.15) is 6.04 Å². The first kappa shape index (κ1) is 23.8. The third-order valence-electron chi connectivity index (χ3n) is 6.13. The van der Waals surface area contributed by atoms with Crippen LogP contribution in [0.4, 0.5) is 4.39 Å². The molecule has 0 aromatic heterocycles. The van der Waals surface area contributed by atoms with Crippen molar-refractivity contribution in [3.63, 3.8) is 0 Å². The topological polar surface area (TPSA) is 58.6 Å². The molecule has 1 aliphatic rings. The Kier molecular flexibility index (Phi) is 8.65. The van der Waals surface area contributed by atoms with Crippen molar-refractivity contribution in [3.8, 4) is 5.75 Å².